The van der Waals surface area contributed by atoms with E-state index in [0.717, 1.165) is 0 Å². The molecule has 7 atom stereocenters. The van der Waals surface area contributed by atoms with Gasteiger partial charge >= 0.3 is 0 Å². The average Bonchev–Trinajstić information content (AvgIpc) is 2.58. The third kappa shape index (κ3) is 4.32. The lowest BCUT2D eigenvalue weighted by Gasteiger charge is -2.44. The molecule has 154 valence electrons. The van der Waals surface area contributed by atoms with E-state index < -0.39 is 54.4 Å². The largest absolute Gasteiger partial charge is 0.394 e. The summed E-state index contributed by atoms with van der Waals surface area (Å²) in [6.07, 6.45) is -2.64. The maximum Gasteiger partial charge on any atom is 0.187 e. The number of ketones is 1. The van der Waals surface area contributed by atoms with Crippen molar-refractivity contribution in [1.29, 1.82) is 0 Å². The van der Waals surface area contributed by atoms with Crippen LogP contribution in [0.2, 0.25) is 0 Å². The first-order valence-electron chi connectivity index (χ1n) is 9.02. The predicted octanol–water partition coefficient (Wildman–Crippen LogP) is -0.576. The number of carbonyl (C=O) groups excluding carboxylic acids is 1. The van der Waals surface area contributed by atoms with E-state index in [4.69, 9.17) is 9.47 Å². The molecule has 0 spiro atoms. The van der Waals surface area contributed by atoms with Crippen LogP contribution in [0.15, 0.2) is 23.8 Å². The fraction of sp³-hybridized carbons (Fsp3) is 0.737. The Morgan fingerprint density at radius 3 is 2.48 bits per heavy atom. The van der Waals surface area contributed by atoms with Gasteiger partial charge in [-0.3, -0.25) is 4.79 Å². The van der Waals surface area contributed by atoms with Crippen molar-refractivity contribution in [3.63, 3.8) is 0 Å². The standard InChI is InChI=1S/C19H30O8/c1-10-7-12(21)8-18(3,4)19(10,25)6-5-11(2)26-17-16(24)15(23)14(22)13(9-20)27-17/h5-7,11,13-17,20,22-25H,8-9H2,1-4H3/t11-,13-,14-,15+,16-,17-,19-/m0/s1. The topological polar surface area (TPSA) is 137 Å². The molecular formula is C19H30O8. The number of aliphatic hydroxyl groups excluding tert-OH is 4. The molecular weight excluding hydrogens is 356 g/mol. The molecule has 27 heavy (non-hydrogen) atoms. The van der Waals surface area contributed by atoms with Gasteiger partial charge in [0.2, 0.25) is 0 Å². The minimum absolute atomic E-state index is 0.0406. The maximum absolute atomic E-state index is 11.8. The third-order valence-corrected chi connectivity index (χ3v) is 5.43. The first kappa shape index (κ1) is 22.2. The second kappa shape index (κ2) is 8.08. The average molecular weight is 386 g/mol. The van der Waals surface area contributed by atoms with Crippen molar-refractivity contribution in [2.45, 2.75) is 76.5 Å². The highest BCUT2D eigenvalue weighted by atomic mass is 16.7. The Bertz CT molecular complexity index is 611. The second-order valence-electron chi connectivity index (χ2n) is 8.02. The number of rotatable bonds is 5. The third-order valence-electron chi connectivity index (χ3n) is 5.43. The molecule has 8 heteroatoms. The summed E-state index contributed by atoms with van der Waals surface area (Å²) in [6.45, 7) is 6.40. The van der Waals surface area contributed by atoms with Gasteiger partial charge in [-0.25, -0.2) is 0 Å². The summed E-state index contributed by atoms with van der Waals surface area (Å²) in [5.41, 5.74) is -1.52. The summed E-state index contributed by atoms with van der Waals surface area (Å²) in [5, 5.41) is 50.0. The van der Waals surface area contributed by atoms with Gasteiger partial charge in [0, 0.05) is 11.8 Å². The fourth-order valence-corrected chi connectivity index (χ4v) is 3.58. The minimum atomic E-state index is -1.52. The molecule has 1 aliphatic heterocycles. The number of hydrogen-bond acceptors (Lipinski definition) is 8. The Morgan fingerprint density at radius 1 is 1.30 bits per heavy atom. The summed E-state index contributed by atoms with van der Waals surface area (Å²) < 4.78 is 10.9. The minimum Gasteiger partial charge on any atom is -0.394 e. The summed E-state index contributed by atoms with van der Waals surface area (Å²) in [7, 11) is 0. The van der Waals surface area contributed by atoms with E-state index in [2.05, 4.69) is 0 Å². The highest BCUT2D eigenvalue weighted by molar-refractivity contribution is 5.92. The molecule has 1 aliphatic carbocycles. The lowest BCUT2D eigenvalue weighted by molar-refractivity contribution is -0.306. The molecule has 0 aromatic carbocycles. The van der Waals surface area contributed by atoms with Crippen LogP contribution in [-0.2, 0) is 14.3 Å². The Hall–Kier alpha value is -1.13. The van der Waals surface area contributed by atoms with Gasteiger partial charge in [-0.1, -0.05) is 19.9 Å². The van der Waals surface area contributed by atoms with Crippen LogP contribution in [0.5, 0.6) is 0 Å². The van der Waals surface area contributed by atoms with Crippen LogP contribution in [-0.4, -0.2) is 80.3 Å². The van der Waals surface area contributed by atoms with E-state index in [1.165, 1.54) is 6.08 Å². The van der Waals surface area contributed by atoms with Gasteiger partial charge in [0.15, 0.2) is 12.1 Å². The van der Waals surface area contributed by atoms with Crippen molar-refractivity contribution < 1.29 is 39.8 Å². The lowest BCUT2D eigenvalue weighted by Crippen LogP contribution is -2.59. The van der Waals surface area contributed by atoms with Crippen LogP contribution in [0.25, 0.3) is 0 Å². The van der Waals surface area contributed by atoms with Gasteiger partial charge in [-0.05, 0) is 31.6 Å². The van der Waals surface area contributed by atoms with Gasteiger partial charge in [0.25, 0.3) is 0 Å². The van der Waals surface area contributed by atoms with Gasteiger partial charge in [-0.15, -0.1) is 0 Å². The van der Waals surface area contributed by atoms with Crippen LogP contribution in [0.1, 0.15) is 34.1 Å². The molecule has 1 saturated heterocycles. The molecule has 0 unspecified atom stereocenters. The quantitative estimate of drug-likeness (QED) is 0.396. The van der Waals surface area contributed by atoms with Crippen molar-refractivity contribution in [2.75, 3.05) is 6.61 Å². The molecule has 0 aromatic heterocycles. The molecule has 0 radical (unpaired) electrons. The zero-order valence-corrected chi connectivity index (χ0v) is 16.1. The number of ether oxygens (including phenoxy) is 2. The summed E-state index contributed by atoms with van der Waals surface area (Å²) in [4.78, 5) is 11.8. The molecule has 8 nitrogen and oxygen atoms in total. The Balaban J connectivity index is 2.11. The zero-order valence-electron chi connectivity index (χ0n) is 16.1. The van der Waals surface area contributed by atoms with Crippen molar-refractivity contribution >= 4 is 5.78 Å². The van der Waals surface area contributed by atoms with E-state index >= 15 is 0 Å². The molecule has 5 N–H and O–H groups in total. The Labute approximate surface area is 158 Å². The van der Waals surface area contributed by atoms with Gasteiger partial charge < -0.3 is 35.0 Å². The molecule has 1 heterocycles. The maximum atomic E-state index is 11.8. The van der Waals surface area contributed by atoms with E-state index in [9.17, 15) is 30.3 Å². The summed E-state index contributed by atoms with van der Waals surface area (Å²) >= 11 is 0. The fourth-order valence-electron chi connectivity index (χ4n) is 3.58. The van der Waals surface area contributed by atoms with Crippen molar-refractivity contribution in [3.8, 4) is 0 Å². The predicted molar refractivity (Wildman–Crippen MR) is 95.6 cm³/mol. The van der Waals surface area contributed by atoms with Crippen LogP contribution in [0.3, 0.4) is 0 Å². The van der Waals surface area contributed by atoms with E-state index in [0.29, 0.717) is 5.57 Å². The number of aliphatic hydroxyl groups is 5. The smallest absolute Gasteiger partial charge is 0.187 e. The molecule has 2 rings (SSSR count). The van der Waals surface area contributed by atoms with Crippen molar-refractivity contribution in [1.82, 2.24) is 0 Å². The summed E-state index contributed by atoms with van der Waals surface area (Å²) in [6, 6.07) is 0. The Kier molecular flexibility index (Phi) is 6.63. The molecule has 2 aliphatic rings. The highest BCUT2D eigenvalue weighted by Gasteiger charge is 2.47. The lowest BCUT2D eigenvalue weighted by atomic mass is 9.64. The van der Waals surface area contributed by atoms with Gasteiger partial charge in [0.1, 0.15) is 30.0 Å². The SMILES string of the molecule is CC1=CC(=O)CC(C)(C)[C@]1(O)C=C[C@H](C)O[C@H]1O[C@@H](CO)[C@H](O)[C@@H](O)[C@@H]1O. The molecule has 0 aromatic rings. The monoisotopic (exact) mass is 386 g/mol. The van der Waals surface area contributed by atoms with E-state index in [1.807, 2.05) is 0 Å². The van der Waals surface area contributed by atoms with Crippen LogP contribution < -0.4 is 0 Å². The Morgan fingerprint density at radius 2 is 1.93 bits per heavy atom. The van der Waals surface area contributed by atoms with Gasteiger partial charge in [-0.2, -0.15) is 0 Å². The highest BCUT2D eigenvalue weighted by Crippen LogP contribution is 2.44. The van der Waals surface area contributed by atoms with Crippen molar-refractivity contribution in [3.05, 3.63) is 23.8 Å². The molecule has 0 amide bonds. The second-order valence-corrected chi connectivity index (χ2v) is 8.02. The van der Waals surface area contributed by atoms with Crippen LogP contribution in [0, 0.1) is 5.41 Å². The normalized spacial score (nSPS) is 40.9. The van der Waals surface area contributed by atoms with E-state index in [-0.39, 0.29) is 12.2 Å². The first-order valence-corrected chi connectivity index (χ1v) is 9.02. The summed E-state index contributed by atoms with van der Waals surface area (Å²) in [5.74, 6) is -0.0406. The van der Waals surface area contributed by atoms with Gasteiger partial charge in [0.05, 0.1) is 12.7 Å². The number of hydrogen-bond donors (Lipinski definition) is 5. The molecule has 0 bridgehead atoms. The van der Waals surface area contributed by atoms with E-state index in [1.54, 1.807) is 39.8 Å². The molecule has 1 fully saturated rings. The van der Waals surface area contributed by atoms with Crippen LogP contribution in [0.4, 0.5) is 0 Å². The van der Waals surface area contributed by atoms with Crippen LogP contribution >= 0.6 is 0 Å². The van der Waals surface area contributed by atoms with Crippen molar-refractivity contribution in [2.24, 2.45) is 5.41 Å². The molecule has 0 saturated carbocycles. The number of allylic oxidation sites excluding steroid dienone is 1. The zero-order chi connectivity index (χ0) is 20.6. The number of carbonyl (C=O) groups is 1. The first-order chi connectivity index (χ1) is 12.4.